The summed E-state index contributed by atoms with van der Waals surface area (Å²) in [6.45, 7) is 10.3. The fourth-order valence-corrected chi connectivity index (χ4v) is 2.91. The van der Waals surface area contributed by atoms with Crippen molar-refractivity contribution in [1.29, 1.82) is 0 Å². The molecule has 17 heavy (non-hydrogen) atoms. The van der Waals surface area contributed by atoms with E-state index in [9.17, 15) is 4.79 Å². The molecule has 1 rings (SSSR count). The van der Waals surface area contributed by atoms with Crippen LogP contribution >= 0.6 is 0 Å². The molecule has 1 amide bonds. The van der Waals surface area contributed by atoms with Crippen molar-refractivity contribution in [3.05, 3.63) is 0 Å². The van der Waals surface area contributed by atoms with Gasteiger partial charge in [0.25, 0.3) is 0 Å². The van der Waals surface area contributed by atoms with Gasteiger partial charge in [-0.15, -0.1) is 0 Å². The van der Waals surface area contributed by atoms with E-state index in [0.717, 1.165) is 32.4 Å². The van der Waals surface area contributed by atoms with Gasteiger partial charge in [0, 0.05) is 24.5 Å². The average Bonchev–Trinajstić information content (AvgIpc) is 2.26. The monoisotopic (exact) mass is 240 g/mol. The molecular weight excluding hydrogens is 212 g/mol. The van der Waals surface area contributed by atoms with Gasteiger partial charge in [-0.1, -0.05) is 27.7 Å². The smallest absolute Gasteiger partial charge is 0.228 e. The van der Waals surface area contributed by atoms with Crippen molar-refractivity contribution in [3.63, 3.8) is 0 Å². The average molecular weight is 240 g/mol. The van der Waals surface area contributed by atoms with Crippen LogP contribution in [0.1, 0.15) is 47.0 Å². The molecule has 1 fully saturated rings. The number of carbonyl (C=O) groups excluding carboxylic acids is 1. The Morgan fingerprint density at radius 1 is 1.35 bits per heavy atom. The van der Waals surface area contributed by atoms with Crippen LogP contribution in [0.2, 0.25) is 0 Å². The van der Waals surface area contributed by atoms with Gasteiger partial charge >= 0.3 is 0 Å². The van der Waals surface area contributed by atoms with Crippen LogP contribution in [0.4, 0.5) is 0 Å². The molecule has 0 aromatic carbocycles. The lowest BCUT2D eigenvalue weighted by atomic mass is 9.82. The molecule has 1 heterocycles. The molecule has 0 unspecified atom stereocenters. The van der Waals surface area contributed by atoms with Crippen LogP contribution in [-0.2, 0) is 4.79 Å². The minimum Gasteiger partial charge on any atom is -0.342 e. The number of likely N-dealkylation sites (tertiary alicyclic amines) is 1. The molecule has 1 aliphatic heterocycles. The third-order valence-corrected chi connectivity index (χ3v) is 3.69. The van der Waals surface area contributed by atoms with E-state index in [4.69, 9.17) is 0 Å². The minimum absolute atomic E-state index is 0.208. The molecule has 0 bridgehead atoms. The van der Waals surface area contributed by atoms with E-state index in [1.165, 1.54) is 0 Å². The molecule has 3 heteroatoms. The highest BCUT2D eigenvalue weighted by Crippen LogP contribution is 2.29. The fraction of sp³-hybridized carbons (Fsp3) is 0.929. The zero-order valence-electron chi connectivity index (χ0n) is 12.0. The van der Waals surface area contributed by atoms with Gasteiger partial charge in [0.2, 0.25) is 5.91 Å². The summed E-state index contributed by atoms with van der Waals surface area (Å²) >= 11 is 0. The molecule has 1 aliphatic rings. The molecular formula is C14H28N2O. The molecule has 0 radical (unpaired) electrons. The number of rotatable bonds is 4. The summed E-state index contributed by atoms with van der Waals surface area (Å²) in [7, 11) is 2.00. The number of piperidine rings is 1. The second-order valence-electron chi connectivity index (χ2n) is 6.34. The highest BCUT2D eigenvalue weighted by Gasteiger charge is 2.34. The Labute approximate surface area is 106 Å². The molecule has 0 spiro atoms. The minimum atomic E-state index is -0.208. The molecule has 3 nitrogen and oxygen atoms in total. The lowest BCUT2D eigenvalue weighted by molar-refractivity contribution is -0.142. The van der Waals surface area contributed by atoms with E-state index in [1.807, 2.05) is 7.05 Å². The summed E-state index contributed by atoms with van der Waals surface area (Å²) < 4.78 is 0. The van der Waals surface area contributed by atoms with Crippen molar-refractivity contribution >= 4 is 5.91 Å². The maximum Gasteiger partial charge on any atom is 0.228 e. The van der Waals surface area contributed by atoms with Crippen molar-refractivity contribution in [2.24, 2.45) is 11.3 Å². The Bertz CT molecular complexity index is 253. The van der Waals surface area contributed by atoms with E-state index < -0.39 is 0 Å². The largest absolute Gasteiger partial charge is 0.342 e. The Kier molecular flexibility index (Phi) is 4.99. The number of nitrogens with zero attached hydrogens (tertiary/aromatic N) is 1. The molecule has 0 aromatic rings. The molecule has 0 aromatic heterocycles. The molecule has 100 valence electrons. The fourth-order valence-electron chi connectivity index (χ4n) is 2.91. The van der Waals surface area contributed by atoms with Crippen LogP contribution < -0.4 is 5.32 Å². The van der Waals surface area contributed by atoms with Crippen LogP contribution in [-0.4, -0.2) is 37.0 Å². The highest BCUT2D eigenvalue weighted by molar-refractivity contribution is 5.82. The second-order valence-corrected chi connectivity index (χ2v) is 6.34. The zero-order chi connectivity index (χ0) is 13.1. The summed E-state index contributed by atoms with van der Waals surface area (Å²) in [5.41, 5.74) is -0.208. The van der Waals surface area contributed by atoms with Gasteiger partial charge in [0.05, 0.1) is 0 Å². The van der Waals surface area contributed by atoms with Crippen LogP contribution in [0.5, 0.6) is 0 Å². The lowest BCUT2D eigenvalue weighted by Crippen LogP contribution is -2.48. The summed E-state index contributed by atoms with van der Waals surface area (Å²) in [5.74, 6) is 0.907. The normalized spacial score (nSPS) is 18.8. The summed E-state index contributed by atoms with van der Waals surface area (Å²) in [6, 6.07) is 0.590. The predicted molar refractivity (Wildman–Crippen MR) is 71.9 cm³/mol. The third-order valence-electron chi connectivity index (χ3n) is 3.69. The third kappa shape index (κ3) is 3.98. The van der Waals surface area contributed by atoms with Crippen LogP contribution in [0, 0.1) is 11.3 Å². The summed E-state index contributed by atoms with van der Waals surface area (Å²) in [4.78, 5) is 14.5. The van der Waals surface area contributed by atoms with Gasteiger partial charge in [0.1, 0.15) is 0 Å². The van der Waals surface area contributed by atoms with Crippen LogP contribution in [0.25, 0.3) is 0 Å². The van der Waals surface area contributed by atoms with Crippen molar-refractivity contribution in [3.8, 4) is 0 Å². The van der Waals surface area contributed by atoms with Crippen molar-refractivity contribution < 1.29 is 4.79 Å². The van der Waals surface area contributed by atoms with Gasteiger partial charge in [-0.3, -0.25) is 4.79 Å². The number of carbonyl (C=O) groups is 1. The first-order chi connectivity index (χ1) is 7.86. The Hall–Kier alpha value is -0.570. The molecule has 0 atom stereocenters. The van der Waals surface area contributed by atoms with E-state index in [-0.39, 0.29) is 5.41 Å². The molecule has 0 saturated carbocycles. The number of nitrogens with one attached hydrogen (secondary N) is 1. The Morgan fingerprint density at radius 3 is 2.29 bits per heavy atom. The van der Waals surface area contributed by atoms with Crippen molar-refractivity contribution in [2.75, 3.05) is 20.1 Å². The van der Waals surface area contributed by atoms with Crippen molar-refractivity contribution in [1.82, 2.24) is 10.2 Å². The van der Waals surface area contributed by atoms with E-state index in [1.54, 1.807) is 0 Å². The van der Waals surface area contributed by atoms with Gasteiger partial charge in [-0.05, 0) is 32.2 Å². The lowest BCUT2D eigenvalue weighted by Gasteiger charge is -2.37. The zero-order valence-corrected chi connectivity index (χ0v) is 12.0. The second kappa shape index (κ2) is 5.85. The number of hydrogen-bond donors (Lipinski definition) is 1. The Morgan fingerprint density at radius 2 is 1.88 bits per heavy atom. The maximum atomic E-state index is 12.5. The Balaban J connectivity index is 2.53. The maximum absolute atomic E-state index is 12.5. The molecule has 1 saturated heterocycles. The van der Waals surface area contributed by atoms with Gasteiger partial charge < -0.3 is 10.2 Å². The first-order valence-electron chi connectivity index (χ1n) is 6.83. The number of hydrogen-bond acceptors (Lipinski definition) is 2. The predicted octanol–water partition coefficient (Wildman–Crippen LogP) is 2.27. The summed E-state index contributed by atoms with van der Waals surface area (Å²) in [5, 5.41) is 3.30. The first kappa shape index (κ1) is 14.5. The van der Waals surface area contributed by atoms with E-state index in [0.29, 0.717) is 17.9 Å². The van der Waals surface area contributed by atoms with Crippen molar-refractivity contribution in [2.45, 2.75) is 53.0 Å². The van der Waals surface area contributed by atoms with E-state index in [2.05, 4.69) is 37.9 Å². The molecule has 0 aliphatic carbocycles. The van der Waals surface area contributed by atoms with E-state index >= 15 is 0 Å². The first-order valence-corrected chi connectivity index (χ1v) is 6.83. The highest BCUT2D eigenvalue weighted by atomic mass is 16.2. The quantitative estimate of drug-likeness (QED) is 0.817. The standard InChI is InChI=1S/C14H28N2O/c1-11(2)10-14(3,4)13(17)16-8-6-12(15-5)7-9-16/h11-12,15H,6-10H2,1-5H3. The topological polar surface area (TPSA) is 32.3 Å². The van der Waals surface area contributed by atoms with Crippen LogP contribution in [0.15, 0.2) is 0 Å². The van der Waals surface area contributed by atoms with Gasteiger partial charge in [0.15, 0.2) is 0 Å². The number of amides is 1. The van der Waals surface area contributed by atoms with Gasteiger partial charge in [-0.25, -0.2) is 0 Å². The van der Waals surface area contributed by atoms with Gasteiger partial charge in [-0.2, -0.15) is 0 Å². The molecule has 1 N–H and O–H groups in total. The summed E-state index contributed by atoms with van der Waals surface area (Å²) in [6.07, 6.45) is 3.14. The SMILES string of the molecule is CNC1CCN(C(=O)C(C)(C)CC(C)C)CC1. The van der Waals surface area contributed by atoms with Crippen LogP contribution in [0.3, 0.4) is 0 Å².